The maximum Gasteiger partial charge on any atom is 0.222 e. The Morgan fingerprint density at radius 3 is 2.77 bits per heavy atom. The van der Waals surface area contributed by atoms with Crippen LogP contribution >= 0.6 is 11.8 Å². The number of carbonyl (C=O) groups excluding carboxylic acids is 1. The van der Waals surface area contributed by atoms with Gasteiger partial charge in [-0.1, -0.05) is 19.3 Å². The number of aromatic nitrogens is 2. The van der Waals surface area contributed by atoms with Crippen LogP contribution in [0.5, 0.6) is 0 Å². The van der Waals surface area contributed by atoms with E-state index in [1.165, 1.54) is 37.7 Å². The minimum atomic E-state index is 0.324. The second-order valence-electron chi connectivity index (χ2n) is 6.82. The Labute approximate surface area is 137 Å². The van der Waals surface area contributed by atoms with Crippen molar-refractivity contribution < 1.29 is 4.79 Å². The Kier molecular flexibility index (Phi) is 4.81. The Morgan fingerprint density at radius 1 is 1.32 bits per heavy atom. The van der Waals surface area contributed by atoms with Crippen molar-refractivity contribution in [3.8, 4) is 0 Å². The second-order valence-corrected chi connectivity index (χ2v) is 8.38. The molecule has 0 unspecified atom stereocenters. The van der Waals surface area contributed by atoms with Crippen LogP contribution in [0, 0.1) is 13.8 Å². The molecule has 3 rings (SSSR count). The van der Waals surface area contributed by atoms with Crippen molar-refractivity contribution in [2.45, 2.75) is 63.5 Å². The Morgan fingerprint density at radius 2 is 2.09 bits per heavy atom. The summed E-state index contributed by atoms with van der Waals surface area (Å²) < 4.78 is 0.369. The standard InChI is InChI=1S/C17H27N3OS/c1-13-15(14(2)19-18-13)6-7-16(21)20-10-11-22-17(12-20)8-4-3-5-9-17/h3-12H2,1-2H3,(H,18,19). The molecular formula is C17H27N3OS. The second kappa shape index (κ2) is 6.65. The molecular weight excluding hydrogens is 294 g/mol. The molecule has 1 aliphatic carbocycles. The highest BCUT2D eigenvalue weighted by molar-refractivity contribution is 8.00. The molecule has 1 aliphatic heterocycles. The van der Waals surface area contributed by atoms with Gasteiger partial charge in [-0.25, -0.2) is 0 Å². The largest absolute Gasteiger partial charge is 0.340 e. The van der Waals surface area contributed by atoms with Gasteiger partial charge in [-0.15, -0.1) is 0 Å². The van der Waals surface area contributed by atoms with Crippen LogP contribution < -0.4 is 0 Å². The first kappa shape index (κ1) is 15.9. The summed E-state index contributed by atoms with van der Waals surface area (Å²) in [5.74, 6) is 1.43. The van der Waals surface area contributed by atoms with E-state index in [0.717, 1.165) is 36.7 Å². The van der Waals surface area contributed by atoms with Crippen LogP contribution in [0.1, 0.15) is 55.5 Å². The predicted molar refractivity (Wildman–Crippen MR) is 91.2 cm³/mol. The van der Waals surface area contributed by atoms with E-state index in [1.54, 1.807) is 0 Å². The van der Waals surface area contributed by atoms with Gasteiger partial charge in [0.15, 0.2) is 0 Å². The van der Waals surface area contributed by atoms with E-state index >= 15 is 0 Å². The smallest absolute Gasteiger partial charge is 0.222 e. The Hall–Kier alpha value is -0.970. The van der Waals surface area contributed by atoms with Gasteiger partial charge in [0.05, 0.1) is 5.69 Å². The zero-order valence-corrected chi connectivity index (χ0v) is 14.6. The van der Waals surface area contributed by atoms with E-state index in [4.69, 9.17) is 0 Å². The molecule has 1 amide bonds. The fourth-order valence-electron chi connectivity index (χ4n) is 3.89. The fourth-order valence-corrected chi connectivity index (χ4v) is 5.46. The van der Waals surface area contributed by atoms with Gasteiger partial charge >= 0.3 is 0 Å². The topological polar surface area (TPSA) is 49.0 Å². The third-order valence-electron chi connectivity index (χ3n) is 5.24. The summed E-state index contributed by atoms with van der Waals surface area (Å²) in [6.07, 6.45) is 8.05. The maximum absolute atomic E-state index is 12.6. The van der Waals surface area contributed by atoms with E-state index in [1.807, 2.05) is 13.8 Å². The van der Waals surface area contributed by atoms with Gasteiger partial charge in [-0.2, -0.15) is 16.9 Å². The van der Waals surface area contributed by atoms with Crippen molar-refractivity contribution in [1.82, 2.24) is 15.1 Å². The molecule has 5 heteroatoms. The molecule has 1 aromatic heterocycles. The summed E-state index contributed by atoms with van der Waals surface area (Å²) in [6, 6.07) is 0. The predicted octanol–water partition coefficient (Wildman–Crippen LogP) is 3.24. The monoisotopic (exact) mass is 321 g/mol. The molecule has 0 aromatic carbocycles. The van der Waals surface area contributed by atoms with Crippen molar-refractivity contribution in [1.29, 1.82) is 0 Å². The number of nitrogens with one attached hydrogen (secondary N) is 1. The molecule has 122 valence electrons. The Balaban J connectivity index is 1.58. The molecule has 0 atom stereocenters. The third-order valence-corrected chi connectivity index (χ3v) is 6.77. The normalized spacial score (nSPS) is 21.3. The van der Waals surface area contributed by atoms with Crippen molar-refractivity contribution in [2.75, 3.05) is 18.8 Å². The lowest BCUT2D eigenvalue weighted by atomic mass is 9.87. The van der Waals surface area contributed by atoms with Crippen LogP contribution in [0.25, 0.3) is 0 Å². The molecule has 2 heterocycles. The highest BCUT2D eigenvalue weighted by Crippen LogP contribution is 2.42. The van der Waals surface area contributed by atoms with Crippen LogP contribution in [-0.4, -0.2) is 44.6 Å². The van der Waals surface area contributed by atoms with Crippen LogP contribution in [0.3, 0.4) is 0 Å². The first-order chi connectivity index (χ1) is 10.6. The van der Waals surface area contributed by atoms with Gasteiger partial charge in [0.2, 0.25) is 5.91 Å². The molecule has 1 N–H and O–H groups in total. The van der Waals surface area contributed by atoms with Gasteiger partial charge in [-0.3, -0.25) is 9.89 Å². The van der Waals surface area contributed by atoms with Gasteiger partial charge in [0, 0.05) is 35.7 Å². The summed E-state index contributed by atoms with van der Waals surface area (Å²) in [4.78, 5) is 14.8. The average Bonchev–Trinajstić information content (AvgIpc) is 2.84. The summed E-state index contributed by atoms with van der Waals surface area (Å²) in [7, 11) is 0. The molecule has 1 spiro atoms. The molecule has 1 aromatic rings. The number of amides is 1. The molecule has 2 fully saturated rings. The molecule has 1 saturated carbocycles. The zero-order valence-electron chi connectivity index (χ0n) is 13.8. The fraction of sp³-hybridized carbons (Fsp3) is 0.765. The number of carbonyl (C=O) groups is 1. The maximum atomic E-state index is 12.6. The van der Waals surface area contributed by atoms with Crippen molar-refractivity contribution in [3.63, 3.8) is 0 Å². The third kappa shape index (κ3) is 3.34. The first-order valence-electron chi connectivity index (χ1n) is 8.52. The summed E-state index contributed by atoms with van der Waals surface area (Å²) in [6.45, 7) is 5.95. The van der Waals surface area contributed by atoms with Crippen LogP contribution in [0.15, 0.2) is 0 Å². The first-order valence-corrected chi connectivity index (χ1v) is 9.50. The highest BCUT2D eigenvalue weighted by Gasteiger charge is 2.38. The molecule has 0 bridgehead atoms. The van der Waals surface area contributed by atoms with E-state index in [2.05, 4.69) is 26.9 Å². The molecule has 1 saturated heterocycles. The van der Waals surface area contributed by atoms with Crippen molar-refractivity contribution in [3.05, 3.63) is 17.0 Å². The van der Waals surface area contributed by atoms with Gasteiger partial charge in [-0.05, 0) is 38.7 Å². The van der Waals surface area contributed by atoms with Crippen LogP contribution in [0.2, 0.25) is 0 Å². The molecule has 2 aliphatic rings. The SMILES string of the molecule is Cc1n[nH]c(C)c1CCC(=O)N1CCSC2(CCCCC2)C1. The minimum absolute atomic E-state index is 0.324. The van der Waals surface area contributed by atoms with Gasteiger partial charge in [0.25, 0.3) is 0 Å². The molecule has 22 heavy (non-hydrogen) atoms. The number of hydrogen-bond donors (Lipinski definition) is 1. The number of rotatable bonds is 3. The summed E-state index contributed by atoms with van der Waals surface area (Å²) in [5, 5.41) is 7.23. The lowest BCUT2D eigenvalue weighted by Gasteiger charge is -2.44. The summed E-state index contributed by atoms with van der Waals surface area (Å²) in [5.41, 5.74) is 3.35. The van der Waals surface area contributed by atoms with E-state index in [9.17, 15) is 4.79 Å². The molecule has 4 nitrogen and oxygen atoms in total. The zero-order chi connectivity index (χ0) is 15.6. The number of aromatic amines is 1. The van der Waals surface area contributed by atoms with E-state index in [0.29, 0.717) is 17.1 Å². The number of thioether (sulfide) groups is 1. The van der Waals surface area contributed by atoms with E-state index in [-0.39, 0.29) is 0 Å². The average molecular weight is 321 g/mol. The lowest BCUT2D eigenvalue weighted by Crippen LogP contribution is -2.49. The number of nitrogens with zero attached hydrogens (tertiary/aromatic N) is 2. The van der Waals surface area contributed by atoms with Gasteiger partial charge < -0.3 is 4.90 Å². The number of aryl methyl sites for hydroxylation is 2. The van der Waals surface area contributed by atoms with Crippen molar-refractivity contribution in [2.24, 2.45) is 0 Å². The minimum Gasteiger partial charge on any atom is -0.340 e. The van der Waals surface area contributed by atoms with Crippen LogP contribution in [0.4, 0.5) is 0 Å². The lowest BCUT2D eigenvalue weighted by molar-refractivity contribution is -0.131. The highest BCUT2D eigenvalue weighted by atomic mass is 32.2. The molecule has 0 radical (unpaired) electrons. The number of hydrogen-bond acceptors (Lipinski definition) is 3. The van der Waals surface area contributed by atoms with Crippen LogP contribution in [-0.2, 0) is 11.2 Å². The van der Waals surface area contributed by atoms with E-state index < -0.39 is 0 Å². The Bertz CT molecular complexity index is 509. The summed E-state index contributed by atoms with van der Waals surface area (Å²) >= 11 is 2.12. The van der Waals surface area contributed by atoms with Crippen molar-refractivity contribution >= 4 is 17.7 Å². The van der Waals surface area contributed by atoms with Gasteiger partial charge in [0.1, 0.15) is 0 Å². The quantitative estimate of drug-likeness (QED) is 0.930. The number of H-pyrrole nitrogens is 1.